The topological polar surface area (TPSA) is 78.9 Å². The molecule has 0 aliphatic carbocycles. The average molecular weight is 1080 g/mol. The highest BCUT2D eigenvalue weighted by Crippen LogP contribution is 2.15. The molecule has 78 heavy (non-hydrogen) atoms. The van der Waals surface area contributed by atoms with Crippen LogP contribution in [-0.2, 0) is 28.6 Å². The molecule has 0 heterocycles. The molecule has 0 aromatic rings. The van der Waals surface area contributed by atoms with E-state index in [4.69, 9.17) is 14.2 Å². The lowest BCUT2D eigenvalue weighted by Crippen LogP contribution is -2.30. The van der Waals surface area contributed by atoms with Gasteiger partial charge in [0, 0.05) is 19.3 Å². The summed E-state index contributed by atoms with van der Waals surface area (Å²) in [6, 6.07) is 0. The van der Waals surface area contributed by atoms with E-state index in [9.17, 15) is 14.4 Å². The van der Waals surface area contributed by atoms with E-state index in [1.807, 2.05) is 0 Å². The summed E-state index contributed by atoms with van der Waals surface area (Å²) >= 11 is 0. The SMILES string of the molecule is CC/C=C\C/C=C\C/C=C\C/C=C\C/C=C\C/C=C\C/C=C\CCCC(=O)OC(COC(=O)CCCCCCC/C=C\CCCCC)COC(=O)CCCCCCCCCCCCCCC/C=C\C/C=C\CCCCCCC. The Kier molecular flexibility index (Phi) is 61.8. The summed E-state index contributed by atoms with van der Waals surface area (Å²) in [4.78, 5) is 38.3. The largest absolute Gasteiger partial charge is 0.462 e. The summed E-state index contributed by atoms with van der Waals surface area (Å²) in [5.74, 6) is -0.972. The second kappa shape index (κ2) is 65.3. The normalized spacial score (nSPS) is 12.9. The second-order valence-corrected chi connectivity index (χ2v) is 21.3. The zero-order chi connectivity index (χ0) is 56.4. The highest BCUT2D eigenvalue weighted by molar-refractivity contribution is 5.71. The first-order valence-electron chi connectivity index (χ1n) is 32.5. The van der Waals surface area contributed by atoms with Crippen molar-refractivity contribution >= 4 is 17.9 Å². The Morgan fingerprint density at radius 1 is 0.269 bits per heavy atom. The third kappa shape index (κ3) is 62.7. The van der Waals surface area contributed by atoms with E-state index in [1.165, 1.54) is 141 Å². The molecule has 0 bridgehead atoms. The van der Waals surface area contributed by atoms with Crippen LogP contribution in [0, 0.1) is 0 Å². The lowest BCUT2D eigenvalue weighted by atomic mass is 10.0. The van der Waals surface area contributed by atoms with Gasteiger partial charge in [-0.2, -0.15) is 0 Å². The van der Waals surface area contributed by atoms with E-state index < -0.39 is 6.10 Å². The fourth-order valence-corrected chi connectivity index (χ4v) is 8.81. The van der Waals surface area contributed by atoms with Gasteiger partial charge in [-0.1, -0.05) is 271 Å². The minimum absolute atomic E-state index is 0.106. The van der Waals surface area contributed by atoms with Crippen LogP contribution >= 0.6 is 0 Å². The third-order valence-corrected chi connectivity index (χ3v) is 13.7. The molecular weight excluding hydrogens is 961 g/mol. The summed E-state index contributed by atoms with van der Waals surface area (Å²) < 4.78 is 16.9. The first-order valence-corrected chi connectivity index (χ1v) is 32.5. The zero-order valence-corrected chi connectivity index (χ0v) is 50.9. The molecule has 6 heteroatoms. The predicted octanol–water partition coefficient (Wildman–Crippen LogP) is 22.4. The number of hydrogen-bond acceptors (Lipinski definition) is 6. The van der Waals surface area contributed by atoms with Gasteiger partial charge in [0.05, 0.1) is 0 Å². The number of carbonyl (C=O) groups is 3. The van der Waals surface area contributed by atoms with Gasteiger partial charge in [0.15, 0.2) is 6.10 Å². The van der Waals surface area contributed by atoms with Crippen molar-refractivity contribution in [3.63, 3.8) is 0 Å². The quantitative estimate of drug-likeness (QED) is 0.0261. The van der Waals surface area contributed by atoms with Gasteiger partial charge in [0.25, 0.3) is 0 Å². The van der Waals surface area contributed by atoms with E-state index in [1.54, 1.807) is 0 Å². The maximum atomic E-state index is 12.9. The number of ether oxygens (including phenoxy) is 3. The molecular formula is C72H120O6. The third-order valence-electron chi connectivity index (χ3n) is 13.7. The van der Waals surface area contributed by atoms with Crippen molar-refractivity contribution in [3.8, 4) is 0 Å². The Labute approximate surface area is 482 Å². The molecule has 0 aromatic heterocycles. The van der Waals surface area contributed by atoms with Gasteiger partial charge >= 0.3 is 17.9 Å². The van der Waals surface area contributed by atoms with Crippen molar-refractivity contribution in [1.29, 1.82) is 0 Å². The van der Waals surface area contributed by atoms with Crippen LogP contribution in [-0.4, -0.2) is 37.2 Å². The average Bonchev–Trinajstić information content (AvgIpc) is 3.44. The molecule has 0 radical (unpaired) electrons. The Bertz CT molecular complexity index is 1620. The van der Waals surface area contributed by atoms with Gasteiger partial charge in [-0.05, 0) is 128 Å². The molecule has 0 saturated heterocycles. The molecule has 0 N–H and O–H groups in total. The summed E-state index contributed by atoms with van der Waals surface area (Å²) in [5.41, 5.74) is 0. The van der Waals surface area contributed by atoms with Gasteiger partial charge in [-0.3, -0.25) is 14.4 Å². The van der Waals surface area contributed by atoms with E-state index in [0.29, 0.717) is 19.3 Å². The van der Waals surface area contributed by atoms with Gasteiger partial charge in [-0.25, -0.2) is 0 Å². The minimum atomic E-state index is -0.816. The molecule has 1 unspecified atom stereocenters. The van der Waals surface area contributed by atoms with Gasteiger partial charge < -0.3 is 14.2 Å². The number of unbranched alkanes of at least 4 members (excludes halogenated alkanes) is 27. The molecule has 1 atom stereocenters. The lowest BCUT2D eigenvalue weighted by Gasteiger charge is -2.18. The van der Waals surface area contributed by atoms with Crippen molar-refractivity contribution in [2.45, 2.75) is 303 Å². The van der Waals surface area contributed by atoms with Crippen molar-refractivity contribution in [3.05, 3.63) is 122 Å². The molecule has 444 valence electrons. The Morgan fingerprint density at radius 3 is 0.859 bits per heavy atom. The van der Waals surface area contributed by atoms with Crippen LogP contribution in [0.25, 0.3) is 0 Å². The fourth-order valence-electron chi connectivity index (χ4n) is 8.81. The Morgan fingerprint density at radius 2 is 0.513 bits per heavy atom. The molecule has 0 spiro atoms. The van der Waals surface area contributed by atoms with Crippen molar-refractivity contribution in [2.75, 3.05) is 13.2 Å². The van der Waals surface area contributed by atoms with E-state index in [2.05, 4.69) is 142 Å². The van der Waals surface area contributed by atoms with Crippen LogP contribution in [0.15, 0.2) is 122 Å². The Hall–Kier alpha value is -4.19. The van der Waals surface area contributed by atoms with E-state index in [0.717, 1.165) is 109 Å². The van der Waals surface area contributed by atoms with Crippen LogP contribution in [0.1, 0.15) is 297 Å². The van der Waals surface area contributed by atoms with Crippen molar-refractivity contribution in [2.24, 2.45) is 0 Å². The van der Waals surface area contributed by atoms with Gasteiger partial charge in [-0.15, -0.1) is 0 Å². The summed E-state index contributed by atoms with van der Waals surface area (Å²) in [6.45, 7) is 6.45. The maximum Gasteiger partial charge on any atom is 0.306 e. The molecule has 0 fully saturated rings. The molecule has 0 aromatic carbocycles. The van der Waals surface area contributed by atoms with Crippen LogP contribution in [0.2, 0.25) is 0 Å². The fraction of sp³-hybridized carbons (Fsp3) is 0.681. The summed E-state index contributed by atoms with van der Waals surface area (Å²) in [6.07, 6.45) is 90.7. The summed E-state index contributed by atoms with van der Waals surface area (Å²) in [5, 5.41) is 0. The maximum absolute atomic E-state index is 12.9. The molecule has 0 saturated carbocycles. The predicted molar refractivity (Wildman–Crippen MR) is 339 cm³/mol. The lowest BCUT2D eigenvalue weighted by molar-refractivity contribution is -0.167. The molecule has 0 aliphatic heterocycles. The first-order chi connectivity index (χ1) is 38.5. The smallest absolute Gasteiger partial charge is 0.306 e. The minimum Gasteiger partial charge on any atom is -0.462 e. The zero-order valence-electron chi connectivity index (χ0n) is 50.9. The van der Waals surface area contributed by atoms with Crippen molar-refractivity contribution in [1.82, 2.24) is 0 Å². The number of carbonyl (C=O) groups excluding carboxylic acids is 3. The highest BCUT2D eigenvalue weighted by Gasteiger charge is 2.19. The van der Waals surface area contributed by atoms with E-state index >= 15 is 0 Å². The number of hydrogen-bond donors (Lipinski definition) is 0. The highest BCUT2D eigenvalue weighted by atomic mass is 16.6. The van der Waals surface area contributed by atoms with Crippen LogP contribution in [0.3, 0.4) is 0 Å². The number of allylic oxidation sites excluding steroid dienone is 20. The first kappa shape index (κ1) is 73.8. The van der Waals surface area contributed by atoms with Crippen LogP contribution < -0.4 is 0 Å². The Balaban J connectivity index is 4.40. The van der Waals surface area contributed by atoms with Crippen LogP contribution in [0.5, 0.6) is 0 Å². The summed E-state index contributed by atoms with van der Waals surface area (Å²) in [7, 11) is 0. The van der Waals surface area contributed by atoms with Gasteiger partial charge in [0.2, 0.25) is 0 Å². The number of esters is 3. The molecule has 0 aliphatic rings. The van der Waals surface area contributed by atoms with Crippen molar-refractivity contribution < 1.29 is 28.6 Å². The second-order valence-electron chi connectivity index (χ2n) is 21.3. The molecule has 0 amide bonds. The number of rotatable bonds is 58. The monoisotopic (exact) mass is 1080 g/mol. The molecule has 0 rings (SSSR count). The molecule has 6 nitrogen and oxygen atoms in total. The standard InChI is InChI=1S/C72H120O6/c1-4-7-10-13-16-19-22-25-27-29-31-33-35-36-38-39-41-43-45-47-50-53-56-59-62-65-71(74)77-68-69(67-76-70(73)64-61-58-55-52-49-24-21-18-15-12-9-6-3)78-72(75)66-63-60-57-54-51-48-46-44-42-40-37-34-32-30-28-26-23-20-17-14-11-8-5-2/h8,11,17-18,20-22,25-26,28-29,31-32,34,40,42,46,48,54,57,69H,4-7,9-10,12-16,19,23-24,27,30,33,35-39,41,43-45,47,49-53,55-56,58-68H2,1-3H3/b11-8-,20-17-,21-18-,25-22-,28-26-,31-29-,34-32-,42-40-,48-46-,57-54-. The van der Waals surface area contributed by atoms with E-state index in [-0.39, 0.29) is 37.5 Å². The van der Waals surface area contributed by atoms with Gasteiger partial charge in [0.1, 0.15) is 13.2 Å². The van der Waals surface area contributed by atoms with Crippen LogP contribution in [0.4, 0.5) is 0 Å².